The van der Waals surface area contributed by atoms with Crippen molar-refractivity contribution in [2.75, 3.05) is 16.8 Å². The van der Waals surface area contributed by atoms with Crippen LogP contribution in [0.3, 0.4) is 0 Å². The minimum atomic E-state index is -0.728. The van der Waals surface area contributed by atoms with E-state index in [0.717, 1.165) is 12.0 Å². The number of carbonyl (C=O) groups excluding carboxylic acids is 3. The Bertz CT molecular complexity index is 1210. The molecule has 0 aromatic heterocycles. The van der Waals surface area contributed by atoms with Gasteiger partial charge in [-0.2, -0.15) is 0 Å². The van der Waals surface area contributed by atoms with Crippen molar-refractivity contribution < 1.29 is 23.9 Å². The zero-order valence-electron chi connectivity index (χ0n) is 19.8. The molecule has 1 atom stereocenters. The van der Waals surface area contributed by atoms with Gasteiger partial charge in [0.15, 0.2) is 11.9 Å². The summed E-state index contributed by atoms with van der Waals surface area (Å²) in [4.78, 5) is 39.4. The maximum Gasteiger partial charge on any atom is 0.268 e. The molecular formula is C28H28N2O5. The van der Waals surface area contributed by atoms with Crippen LogP contribution in [0.25, 0.3) is 0 Å². The van der Waals surface area contributed by atoms with Crippen molar-refractivity contribution in [3.05, 3.63) is 83.9 Å². The zero-order valence-corrected chi connectivity index (χ0v) is 19.8. The molecule has 4 rings (SSSR count). The first-order valence-electron chi connectivity index (χ1n) is 11.7. The smallest absolute Gasteiger partial charge is 0.268 e. The normalized spacial score (nSPS) is 14.6. The molecule has 0 saturated heterocycles. The molecule has 2 amide bonds. The van der Waals surface area contributed by atoms with Crippen molar-refractivity contribution in [3.8, 4) is 11.5 Å². The number of nitrogens with zero attached hydrogens (tertiary/aromatic N) is 1. The molecule has 1 heterocycles. The molecule has 0 radical (unpaired) electrons. The predicted molar refractivity (Wildman–Crippen MR) is 134 cm³/mol. The maximum atomic E-state index is 12.8. The number of Topliss-reactive ketones (excluding diaryl/α,β-unsaturated/α-hetero) is 1. The Hall–Kier alpha value is -4.13. The molecule has 7 heteroatoms. The number of hydrogen-bond donors (Lipinski definition) is 1. The standard InChI is InChI=1S/C28H28N2O5/c1-3-7-25(31)21-10-15-26-24(16-21)30(28(33)19(2)35-26)17-27(32)29-22-11-13-23(14-12-22)34-18-20-8-5-4-6-9-20/h4-6,8-16,19H,3,7,17-18H2,1-2H3,(H,29,32). The molecule has 0 bridgehead atoms. The number of benzene rings is 3. The zero-order chi connectivity index (χ0) is 24.8. The first-order chi connectivity index (χ1) is 16.9. The van der Waals surface area contributed by atoms with Crippen molar-refractivity contribution in [3.63, 3.8) is 0 Å². The Kier molecular flexibility index (Phi) is 7.45. The molecule has 1 aliphatic rings. The fourth-order valence-corrected chi connectivity index (χ4v) is 3.83. The molecule has 3 aromatic carbocycles. The van der Waals surface area contributed by atoms with E-state index in [1.165, 1.54) is 4.90 Å². The first-order valence-corrected chi connectivity index (χ1v) is 11.7. The minimum absolute atomic E-state index is 0.0136. The quantitative estimate of drug-likeness (QED) is 0.443. The average molecular weight is 473 g/mol. The fraction of sp³-hybridized carbons (Fsp3) is 0.250. The van der Waals surface area contributed by atoms with Gasteiger partial charge >= 0.3 is 0 Å². The van der Waals surface area contributed by atoms with Crippen molar-refractivity contribution in [1.29, 1.82) is 0 Å². The van der Waals surface area contributed by atoms with E-state index < -0.39 is 6.10 Å². The van der Waals surface area contributed by atoms with Crippen LogP contribution < -0.4 is 19.7 Å². The van der Waals surface area contributed by atoms with Gasteiger partial charge in [0, 0.05) is 17.7 Å². The van der Waals surface area contributed by atoms with Gasteiger partial charge in [-0.1, -0.05) is 37.3 Å². The van der Waals surface area contributed by atoms with E-state index in [4.69, 9.17) is 9.47 Å². The second-order valence-electron chi connectivity index (χ2n) is 8.39. The number of anilines is 2. The summed E-state index contributed by atoms with van der Waals surface area (Å²) < 4.78 is 11.5. The van der Waals surface area contributed by atoms with E-state index in [1.807, 2.05) is 37.3 Å². The average Bonchev–Trinajstić information content (AvgIpc) is 2.87. The van der Waals surface area contributed by atoms with E-state index in [1.54, 1.807) is 49.4 Å². The largest absolute Gasteiger partial charge is 0.489 e. The lowest BCUT2D eigenvalue weighted by Gasteiger charge is -2.32. The van der Waals surface area contributed by atoms with E-state index in [0.29, 0.717) is 41.5 Å². The van der Waals surface area contributed by atoms with Crippen molar-refractivity contribution >= 4 is 29.0 Å². The Morgan fingerprint density at radius 1 is 1.03 bits per heavy atom. The number of nitrogens with one attached hydrogen (secondary N) is 1. The molecule has 0 aliphatic carbocycles. The molecule has 7 nitrogen and oxygen atoms in total. The molecule has 180 valence electrons. The minimum Gasteiger partial charge on any atom is -0.489 e. The van der Waals surface area contributed by atoms with Crippen LogP contribution in [-0.4, -0.2) is 30.2 Å². The summed E-state index contributed by atoms with van der Waals surface area (Å²) in [7, 11) is 0. The van der Waals surface area contributed by atoms with Crippen molar-refractivity contribution in [2.45, 2.75) is 39.4 Å². The highest BCUT2D eigenvalue weighted by Crippen LogP contribution is 2.35. The van der Waals surface area contributed by atoms with E-state index in [2.05, 4.69) is 5.32 Å². The predicted octanol–water partition coefficient (Wildman–Crippen LogP) is 5.00. The summed E-state index contributed by atoms with van der Waals surface area (Å²) in [5.41, 5.74) is 2.57. The summed E-state index contributed by atoms with van der Waals surface area (Å²) in [6.45, 7) is 3.83. The lowest BCUT2D eigenvalue weighted by Crippen LogP contribution is -2.47. The van der Waals surface area contributed by atoms with Gasteiger partial charge in [-0.25, -0.2) is 0 Å². The molecular weight excluding hydrogens is 444 g/mol. The van der Waals surface area contributed by atoms with E-state index >= 15 is 0 Å². The van der Waals surface area contributed by atoms with Crippen LogP contribution >= 0.6 is 0 Å². The molecule has 1 N–H and O–H groups in total. The van der Waals surface area contributed by atoms with Gasteiger partial charge in [0.25, 0.3) is 5.91 Å². The second-order valence-corrected chi connectivity index (χ2v) is 8.39. The van der Waals surface area contributed by atoms with Gasteiger partial charge in [-0.3, -0.25) is 19.3 Å². The number of amides is 2. The Morgan fingerprint density at radius 2 is 1.77 bits per heavy atom. The number of ketones is 1. The van der Waals surface area contributed by atoms with Gasteiger partial charge in [0.2, 0.25) is 5.91 Å². The lowest BCUT2D eigenvalue weighted by atomic mass is 10.0. The van der Waals surface area contributed by atoms with Crippen molar-refractivity contribution in [2.24, 2.45) is 0 Å². The molecule has 35 heavy (non-hydrogen) atoms. The van der Waals surface area contributed by atoms with Crippen molar-refractivity contribution in [1.82, 2.24) is 0 Å². The molecule has 1 unspecified atom stereocenters. The molecule has 0 fully saturated rings. The third-order valence-corrected chi connectivity index (χ3v) is 5.65. The van der Waals surface area contributed by atoms with Crippen LogP contribution in [0.15, 0.2) is 72.8 Å². The van der Waals surface area contributed by atoms with Gasteiger partial charge in [0.1, 0.15) is 24.7 Å². The topological polar surface area (TPSA) is 84.9 Å². The highest BCUT2D eigenvalue weighted by molar-refractivity contribution is 6.07. The Morgan fingerprint density at radius 3 is 2.49 bits per heavy atom. The SMILES string of the molecule is CCCC(=O)c1ccc2c(c1)N(CC(=O)Nc1ccc(OCc3ccccc3)cc1)C(=O)C(C)O2. The van der Waals surface area contributed by atoms with Crippen LogP contribution in [0.1, 0.15) is 42.6 Å². The van der Waals surface area contributed by atoms with Crippen LogP contribution in [0.4, 0.5) is 11.4 Å². The number of hydrogen-bond acceptors (Lipinski definition) is 5. The molecule has 0 spiro atoms. The van der Waals surface area contributed by atoms with Gasteiger partial charge in [-0.15, -0.1) is 0 Å². The summed E-state index contributed by atoms with van der Waals surface area (Å²) in [5, 5.41) is 2.82. The molecule has 0 saturated carbocycles. The number of rotatable bonds is 9. The highest BCUT2D eigenvalue weighted by Gasteiger charge is 2.33. The summed E-state index contributed by atoms with van der Waals surface area (Å²) >= 11 is 0. The van der Waals surface area contributed by atoms with Crippen LogP contribution in [0.2, 0.25) is 0 Å². The Labute approximate surface area is 204 Å². The number of fused-ring (bicyclic) bond motifs is 1. The highest BCUT2D eigenvalue weighted by atomic mass is 16.5. The van der Waals surface area contributed by atoms with Crippen LogP contribution in [0, 0.1) is 0 Å². The third-order valence-electron chi connectivity index (χ3n) is 5.65. The first kappa shape index (κ1) is 24.0. The van der Waals surface area contributed by atoms with E-state index in [-0.39, 0.29) is 24.1 Å². The van der Waals surface area contributed by atoms with Crippen LogP contribution in [0.5, 0.6) is 11.5 Å². The third kappa shape index (κ3) is 5.87. The van der Waals surface area contributed by atoms with Gasteiger partial charge < -0.3 is 14.8 Å². The lowest BCUT2D eigenvalue weighted by molar-refractivity contribution is -0.127. The molecule has 3 aromatic rings. The van der Waals surface area contributed by atoms with Gasteiger partial charge in [-0.05, 0) is 61.4 Å². The second kappa shape index (κ2) is 10.9. The fourth-order valence-electron chi connectivity index (χ4n) is 3.83. The number of carbonyl (C=O) groups is 3. The molecule has 1 aliphatic heterocycles. The Balaban J connectivity index is 1.42. The van der Waals surface area contributed by atoms with Crippen LogP contribution in [-0.2, 0) is 16.2 Å². The summed E-state index contributed by atoms with van der Waals surface area (Å²) in [6, 6.07) is 21.9. The maximum absolute atomic E-state index is 12.8. The van der Waals surface area contributed by atoms with Gasteiger partial charge in [0.05, 0.1) is 5.69 Å². The monoisotopic (exact) mass is 472 g/mol. The summed E-state index contributed by atoms with van der Waals surface area (Å²) in [5.74, 6) is 0.444. The number of ether oxygens (including phenoxy) is 2. The summed E-state index contributed by atoms with van der Waals surface area (Å²) in [6.07, 6.45) is 0.411. The van der Waals surface area contributed by atoms with E-state index in [9.17, 15) is 14.4 Å².